The van der Waals surface area contributed by atoms with Crippen LogP contribution in [0.15, 0.2) is 0 Å². The number of likely N-dealkylation sites (N-methyl/N-ethyl adjacent to an activating group) is 1. The molecule has 6 heteroatoms. The number of amides is 1. The number of hydrogen-bond acceptors (Lipinski definition) is 5. The number of carbonyl (C=O) groups is 3. The fraction of sp³-hybridized carbons (Fsp3) is 0.812. The molecule has 0 atom stereocenters. The lowest BCUT2D eigenvalue weighted by Crippen LogP contribution is -2.31. The maximum absolute atomic E-state index is 11.6. The van der Waals surface area contributed by atoms with Crippen LogP contribution in [0.4, 0.5) is 0 Å². The van der Waals surface area contributed by atoms with Crippen molar-refractivity contribution in [1.82, 2.24) is 4.90 Å². The van der Waals surface area contributed by atoms with Gasteiger partial charge in [-0.3, -0.25) is 14.4 Å². The van der Waals surface area contributed by atoms with Gasteiger partial charge in [0.1, 0.15) is 12.4 Å². The topological polar surface area (TPSA) is 72.9 Å². The van der Waals surface area contributed by atoms with Gasteiger partial charge >= 0.3 is 5.97 Å². The molecular formula is C16H33NO5. The molecule has 0 aliphatic carbocycles. The molecule has 0 aliphatic rings. The van der Waals surface area contributed by atoms with Crippen LogP contribution in [-0.4, -0.2) is 56.0 Å². The summed E-state index contributed by atoms with van der Waals surface area (Å²) in [6, 6.07) is 0. The summed E-state index contributed by atoms with van der Waals surface area (Å²) >= 11 is 0. The van der Waals surface area contributed by atoms with Crippen LogP contribution >= 0.6 is 0 Å². The average molecular weight is 319 g/mol. The Morgan fingerprint density at radius 2 is 1.36 bits per heavy atom. The summed E-state index contributed by atoms with van der Waals surface area (Å²) < 4.78 is 9.88. The molecular weight excluding hydrogens is 286 g/mol. The van der Waals surface area contributed by atoms with Gasteiger partial charge in [-0.25, -0.2) is 0 Å². The van der Waals surface area contributed by atoms with Crippen LogP contribution in [0, 0.1) is 0 Å². The van der Waals surface area contributed by atoms with Gasteiger partial charge in [-0.15, -0.1) is 0 Å². The largest absolute Gasteiger partial charge is 0.464 e. The molecule has 0 aliphatic heterocycles. The van der Waals surface area contributed by atoms with Crippen molar-refractivity contribution in [2.75, 3.05) is 33.4 Å². The lowest BCUT2D eigenvalue weighted by Gasteiger charge is -2.16. The van der Waals surface area contributed by atoms with Crippen molar-refractivity contribution in [1.29, 1.82) is 0 Å². The Kier molecular flexibility index (Phi) is 22.7. The fourth-order valence-corrected chi connectivity index (χ4v) is 1.12. The van der Waals surface area contributed by atoms with Crippen molar-refractivity contribution < 1.29 is 23.9 Å². The Morgan fingerprint density at radius 1 is 0.864 bits per heavy atom. The summed E-state index contributed by atoms with van der Waals surface area (Å²) in [5.74, 6) is -0.367. The molecule has 0 fully saturated rings. The van der Waals surface area contributed by atoms with E-state index in [4.69, 9.17) is 9.47 Å². The number of esters is 1. The van der Waals surface area contributed by atoms with Gasteiger partial charge in [-0.05, 0) is 6.92 Å². The van der Waals surface area contributed by atoms with E-state index in [1.807, 2.05) is 27.7 Å². The van der Waals surface area contributed by atoms with Crippen molar-refractivity contribution in [3.05, 3.63) is 0 Å². The van der Waals surface area contributed by atoms with E-state index in [9.17, 15) is 14.4 Å². The van der Waals surface area contributed by atoms with Crippen LogP contribution in [-0.2, 0) is 23.9 Å². The van der Waals surface area contributed by atoms with Gasteiger partial charge in [0.25, 0.3) is 0 Å². The highest BCUT2D eigenvalue weighted by atomic mass is 16.5. The van der Waals surface area contributed by atoms with Crippen LogP contribution in [0.3, 0.4) is 0 Å². The summed E-state index contributed by atoms with van der Waals surface area (Å²) in [6.07, 6.45) is 0.630. The number of Topliss-reactive ketones (excluding diaryl/α,β-unsaturated/α-hetero) is 1. The van der Waals surface area contributed by atoms with Crippen molar-refractivity contribution in [2.45, 2.75) is 54.4 Å². The minimum atomic E-state index is -0.358. The van der Waals surface area contributed by atoms with Gasteiger partial charge in [0.2, 0.25) is 5.91 Å². The van der Waals surface area contributed by atoms with E-state index in [-0.39, 0.29) is 30.7 Å². The monoisotopic (exact) mass is 319 g/mol. The summed E-state index contributed by atoms with van der Waals surface area (Å²) in [4.78, 5) is 34.2. The molecule has 0 saturated heterocycles. The lowest BCUT2D eigenvalue weighted by molar-refractivity contribution is -0.143. The first kappa shape index (κ1) is 25.5. The van der Waals surface area contributed by atoms with Gasteiger partial charge < -0.3 is 14.4 Å². The van der Waals surface area contributed by atoms with Crippen LogP contribution in [0.2, 0.25) is 0 Å². The molecule has 0 heterocycles. The molecule has 0 aromatic heterocycles. The van der Waals surface area contributed by atoms with Crippen molar-refractivity contribution >= 4 is 17.7 Å². The second-order valence-corrected chi connectivity index (χ2v) is 3.97. The SMILES string of the molecule is CC.CC.CC(=O)CCOCCC(=O)N(C)CCOC(C)=O. The van der Waals surface area contributed by atoms with Crippen molar-refractivity contribution in [2.24, 2.45) is 0 Å². The maximum Gasteiger partial charge on any atom is 0.302 e. The number of carbonyl (C=O) groups excluding carboxylic acids is 3. The predicted molar refractivity (Wildman–Crippen MR) is 87.7 cm³/mol. The standard InChI is InChI=1S/C12H21NO5.2C2H6/c1-10(14)4-7-17-8-5-12(16)13(3)6-9-18-11(2)15;2*1-2/h4-9H2,1-3H3;2*1-2H3. The summed E-state index contributed by atoms with van der Waals surface area (Å²) in [5.41, 5.74) is 0. The van der Waals surface area contributed by atoms with E-state index in [2.05, 4.69) is 0 Å². The molecule has 0 unspecified atom stereocenters. The second-order valence-electron chi connectivity index (χ2n) is 3.97. The Labute approximate surface area is 135 Å². The highest BCUT2D eigenvalue weighted by molar-refractivity contribution is 5.76. The highest BCUT2D eigenvalue weighted by Crippen LogP contribution is 1.94. The first-order valence-corrected chi connectivity index (χ1v) is 7.88. The van der Waals surface area contributed by atoms with Gasteiger partial charge in [0.05, 0.1) is 26.2 Å². The first-order valence-electron chi connectivity index (χ1n) is 7.88. The molecule has 0 N–H and O–H groups in total. The fourth-order valence-electron chi connectivity index (χ4n) is 1.12. The zero-order valence-electron chi connectivity index (χ0n) is 15.2. The molecule has 1 amide bonds. The normalized spacial score (nSPS) is 8.68. The number of ether oxygens (including phenoxy) is 2. The van der Waals surface area contributed by atoms with Crippen LogP contribution in [0.5, 0.6) is 0 Å². The minimum Gasteiger partial charge on any atom is -0.464 e. The molecule has 0 radical (unpaired) electrons. The number of nitrogens with zero attached hydrogens (tertiary/aromatic N) is 1. The molecule has 0 spiro atoms. The zero-order chi connectivity index (χ0) is 18.0. The van der Waals surface area contributed by atoms with Gasteiger partial charge in [0.15, 0.2) is 0 Å². The van der Waals surface area contributed by atoms with E-state index in [0.717, 1.165) is 0 Å². The van der Waals surface area contributed by atoms with Crippen molar-refractivity contribution in [3.8, 4) is 0 Å². The van der Waals surface area contributed by atoms with Gasteiger partial charge in [-0.2, -0.15) is 0 Å². The summed E-state index contributed by atoms with van der Waals surface area (Å²) in [6.45, 7) is 12.0. The summed E-state index contributed by atoms with van der Waals surface area (Å²) in [7, 11) is 1.64. The highest BCUT2D eigenvalue weighted by Gasteiger charge is 2.08. The molecule has 0 aromatic carbocycles. The number of ketones is 1. The Balaban J connectivity index is -0.000000826. The van der Waals surface area contributed by atoms with E-state index in [1.165, 1.54) is 18.7 Å². The van der Waals surface area contributed by atoms with E-state index in [0.29, 0.717) is 26.2 Å². The van der Waals surface area contributed by atoms with E-state index >= 15 is 0 Å². The number of rotatable bonds is 9. The average Bonchev–Trinajstić information content (AvgIpc) is 2.50. The Bertz CT molecular complexity index is 292. The molecule has 132 valence electrons. The van der Waals surface area contributed by atoms with Crippen LogP contribution in [0.1, 0.15) is 54.4 Å². The molecule has 6 nitrogen and oxygen atoms in total. The molecule has 0 bridgehead atoms. The van der Waals surface area contributed by atoms with E-state index in [1.54, 1.807) is 7.05 Å². The predicted octanol–water partition coefficient (Wildman–Crippen LogP) is 2.45. The third-order valence-electron chi connectivity index (χ3n) is 2.22. The van der Waals surface area contributed by atoms with Crippen LogP contribution in [0.25, 0.3) is 0 Å². The van der Waals surface area contributed by atoms with Gasteiger partial charge in [-0.1, -0.05) is 27.7 Å². The lowest BCUT2D eigenvalue weighted by atomic mass is 10.3. The second kappa shape index (κ2) is 19.6. The maximum atomic E-state index is 11.6. The minimum absolute atomic E-state index is 0.0693. The third kappa shape index (κ3) is 20.9. The van der Waals surface area contributed by atoms with Gasteiger partial charge in [0, 0.05) is 20.4 Å². The zero-order valence-corrected chi connectivity index (χ0v) is 15.2. The quantitative estimate of drug-likeness (QED) is 0.482. The molecule has 0 aromatic rings. The Hall–Kier alpha value is -1.43. The Morgan fingerprint density at radius 3 is 1.82 bits per heavy atom. The van der Waals surface area contributed by atoms with E-state index < -0.39 is 0 Å². The first-order chi connectivity index (χ1) is 10.4. The van der Waals surface area contributed by atoms with Crippen molar-refractivity contribution in [3.63, 3.8) is 0 Å². The molecule has 0 saturated carbocycles. The molecule has 22 heavy (non-hydrogen) atoms. The van der Waals surface area contributed by atoms with Crippen LogP contribution < -0.4 is 0 Å². The number of hydrogen-bond donors (Lipinski definition) is 0. The summed E-state index contributed by atoms with van der Waals surface area (Å²) in [5, 5.41) is 0. The smallest absolute Gasteiger partial charge is 0.302 e. The molecule has 0 rings (SSSR count). The third-order valence-corrected chi connectivity index (χ3v) is 2.22.